The van der Waals surface area contributed by atoms with Gasteiger partial charge in [0.25, 0.3) is 11.6 Å². The first-order valence-corrected chi connectivity index (χ1v) is 6.84. The number of aromatic nitrogens is 2. The Balaban J connectivity index is 1.72. The molecule has 0 aliphatic carbocycles. The first-order valence-electron chi connectivity index (χ1n) is 6.84. The van der Waals surface area contributed by atoms with E-state index in [4.69, 9.17) is 19.6 Å². The standard InChI is InChI=1S/C15H12N4O5/c16-15-18-17-14(24-15)9-22-12-3-1-2-4-13(12)23-11-7-5-10(6-8-11)19(20)21/h1-8H,9H2,(H2,16,18). The molecule has 0 amide bonds. The van der Waals surface area contributed by atoms with Crippen LogP contribution in [0.2, 0.25) is 0 Å². The monoisotopic (exact) mass is 328 g/mol. The lowest BCUT2D eigenvalue weighted by molar-refractivity contribution is -0.384. The number of non-ortho nitro benzene ring substituents is 1. The van der Waals surface area contributed by atoms with Crippen molar-refractivity contribution in [1.82, 2.24) is 10.2 Å². The zero-order valence-electron chi connectivity index (χ0n) is 12.3. The van der Waals surface area contributed by atoms with Gasteiger partial charge in [0.05, 0.1) is 4.92 Å². The molecule has 0 saturated heterocycles. The first kappa shape index (κ1) is 15.3. The molecule has 1 heterocycles. The van der Waals surface area contributed by atoms with E-state index in [0.29, 0.717) is 17.2 Å². The average Bonchev–Trinajstić information content (AvgIpc) is 3.00. The van der Waals surface area contributed by atoms with Crippen LogP contribution in [0, 0.1) is 10.1 Å². The Hall–Kier alpha value is -3.62. The lowest BCUT2D eigenvalue weighted by Gasteiger charge is -2.11. The molecule has 2 N–H and O–H groups in total. The summed E-state index contributed by atoms with van der Waals surface area (Å²) in [6, 6.07) is 12.7. The third kappa shape index (κ3) is 3.58. The van der Waals surface area contributed by atoms with Crippen molar-refractivity contribution >= 4 is 11.7 Å². The number of ether oxygens (including phenoxy) is 2. The smallest absolute Gasteiger partial charge is 0.312 e. The number of nitrogens with zero attached hydrogens (tertiary/aromatic N) is 3. The van der Waals surface area contributed by atoms with Gasteiger partial charge in [0.15, 0.2) is 18.1 Å². The van der Waals surface area contributed by atoms with Crippen molar-refractivity contribution in [2.75, 3.05) is 5.73 Å². The van der Waals surface area contributed by atoms with Gasteiger partial charge < -0.3 is 19.6 Å². The number of anilines is 1. The van der Waals surface area contributed by atoms with E-state index >= 15 is 0 Å². The van der Waals surface area contributed by atoms with Gasteiger partial charge in [0.2, 0.25) is 0 Å². The fourth-order valence-electron chi connectivity index (χ4n) is 1.88. The van der Waals surface area contributed by atoms with Gasteiger partial charge in [-0.1, -0.05) is 17.2 Å². The van der Waals surface area contributed by atoms with Crippen LogP contribution >= 0.6 is 0 Å². The lowest BCUT2D eigenvalue weighted by atomic mass is 10.3. The second-order valence-electron chi connectivity index (χ2n) is 4.62. The van der Waals surface area contributed by atoms with Crippen LogP contribution < -0.4 is 15.2 Å². The number of nitro benzene ring substituents is 1. The average molecular weight is 328 g/mol. The molecular weight excluding hydrogens is 316 g/mol. The van der Waals surface area contributed by atoms with E-state index in [-0.39, 0.29) is 24.2 Å². The largest absolute Gasteiger partial charge is 0.480 e. The van der Waals surface area contributed by atoms with E-state index in [1.807, 2.05) is 0 Å². The predicted octanol–water partition coefficient (Wildman–Crippen LogP) is 2.93. The minimum Gasteiger partial charge on any atom is -0.480 e. The highest BCUT2D eigenvalue weighted by Crippen LogP contribution is 2.32. The summed E-state index contributed by atoms with van der Waals surface area (Å²) in [5.74, 6) is 1.57. The summed E-state index contributed by atoms with van der Waals surface area (Å²) in [6.07, 6.45) is 0. The molecule has 0 unspecified atom stereocenters. The minimum atomic E-state index is -0.475. The fourth-order valence-corrected chi connectivity index (χ4v) is 1.88. The quantitative estimate of drug-likeness (QED) is 0.540. The van der Waals surface area contributed by atoms with Gasteiger partial charge in [-0.2, -0.15) is 0 Å². The number of hydrogen-bond acceptors (Lipinski definition) is 8. The molecule has 3 aromatic rings. The summed E-state index contributed by atoms with van der Waals surface area (Å²) in [7, 11) is 0. The Morgan fingerprint density at radius 2 is 1.79 bits per heavy atom. The van der Waals surface area contributed by atoms with Gasteiger partial charge >= 0.3 is 6.01 Å². The van der Waals surface area contributed by atoms with Gasteiger partial charge in [-0.05, 0) is 24.3 Å². The van der Waals surface area contributed by atoms with Crippen molar-refractivity contribution in [3.05, 3.63) is 64.5 Å². The van der Waals surface area contributed by atoms with E-state index in [0.717, 1.165) is 0 Å². The van der Waals surface area contributed by atoms with Crippen molar-refractivity contribution < 1.29 is 18.8 Å². The number of hydrogen-bond donors (Lipinski definition) is 1. The van der Waals surface area contributed by atoms with Gasteiger partial charge in [-0.15, -0.1) is 5.10 Å². The van der Waals surface area contributed by atoms with E-state index in [2.05, 4.69) is 10.2 Å². The van der Waals surface area contributed by atoms with Crippen LogP contribution in [0.15, 0.2) is 52.9 Å². The number of benzene rings is 2. The molecule has 0 aliphatic heterocycles. The molecule has 3 rings (SSSR count). The Kier molecular flexibility index (Phi) is 4.23. The number of nitro groups is 1. The molecule has 0 atom stereocenters. The van der Waals surface area contributed by atoms with Crippen molar-refractivity contribution in [2.45, 2.75) is 6.61 Å². The van der Waals surface area contributed by atoms with Gasteiger partial charge in [0, 0.05) is 12.1 Å². The lowest BCUT2D eigenvalue weighted by Crippen LogP contribution is -1.98. The van der Waals surface area contributed by atoms with Crippen LogP contribution in [-0.4, -0.2) is 15.1 Å². The van der Waals surface area contributed by atoms with E-state index in [9.17, 15) is 10.1 Å². The van der Waals surface area contributed by atoms with Gasteiger partial charge in [-0.3, -0.25) is 10.1 Å². The molecule has 24 heavy (non-hydrogen) atoms. The number of nitrogen functional groups attached to an aromatic ring is 1. The SMILES string of the molecule is Nc1nnc(COc2ccccc2Oc2ccc([N+](=O)[O-])cc2)o1. The molecule has 0 fully saturated rings. The Labute approximate surface area is 135 Å². The Morgan fingerprint density at radius 3 is 2.42 bits per heavy atom. The summed E-state index contributed by atoms with van der Waals surface area (Å²) in [5, 5.41) is 17.9. The second-order valence-corrected chi connectivity index (χ2v) is 4.62. The molecule has 2 aromatic carbocycles. The zero-order valence-corrected chi connectivity index (χ0v) is 12.3. The van der Waals surface area contributed by atoms with Crippen LogP contribution in [0.3, 0.4) is 0 Å². The van der Waals surface area contributed by atoms with Crippen LogP contribution in [-0.2, 0) is 6.61 Å². The predicted molar refractivity (Wildman–Crippen MR) is 82.7 cm³/mol. The number of para-hydroxylation sites is 2. The second kappa shape index (κ2) is 6.65. The summed E-state index contributed by atoms with van der Waals surface area (Å²) < 4.78 is 16.3. The normalized spacial score (nSPS) is 10.3. The third-order valence-corrected chi connectivity index (χ3v) is 2.96. The van der Waals surface area contributed by atoms with Crippen LogP contribution in [0.5, 0.6) is 17.2 Å². The summed E-state index contributed by atoms with van der Waals surface area (Å²) >= 11 is 0. The molecule has 0 saturated carbocycles. The van der Waals surface area contributed by atoms with E-state index < -0.39 is 4.92 Å². The maximum Gasteiger partial charge on any atom is 0.312 e. The fraction of sp³-hybridized carbons (Fsp3) is 0.0667. The highest BCUT2D eigenvalue weighted by Gasteiger charge is 2.10. The Bertz CT molecular complexity index is 847. The molecule has 0 spiro atoms. The van der Waals surface area contributed by atoms with Crippen molar-refractivity contribution in [2.24, 2.45) is 0 Å². The zero-order chi connectivity index (χ0) is 16.9. The van der Waals surface area contributed by atoms with Gasteiger partial charge in [-0.25, -0.2) is 0 Å². The molecule has 0 aliphatic rings. The molecule has 0 bridgehead atoms. The molecule has 122 valence electrons. The summed E-state index contributed by atoms with van der Waals surface area (Å²) in [6.45, 7) is 0.0326. The van der Waals surface area contributed by atoms with E-state index in [1.54, 1.807) is 24.3 Å². The van der Waals surface area contributed by atoms with Crippen molar-refractivity contribution in [1.29, 1.82) is 0 Å². The summed E-state index contributed by atoms with van der Waals surface area (Å²) in [5.41, 5.74) is 5.33. The van der Waals surface area contributed by atoms with E-state index in [1.165, 1.54) is 24.3 Å². The molecule has 1 aromatic heterocycles. The molecular formula is C15H12N4O5. The first-order chi connectivity index (χ1) is 11.6. The summed E-state index contributed by atoms with van der Waals surface area (Å²) in [4.78, 5) is 10.2. The minimum absolute atomic E-state index is 0.0131. The van der Waals surface area contributed by atoms with Crippen LogP contribution in [0.1, 0.15) is 5.89 Å². The Morgan fingerprint density at radius 1 is 1.08 bits per heavy atom. The van der Waals surface area contributed by atoms with Crippen molar-refractivity contribution in [3.63, 3.8) is 0 Å². The van der Waals surface area contributed by atoms with Crippen LogP contribution in [0.25, 0.3) is 0 Å². The number of nitrogens with two attached hydrogens (primary N) is 1. The molecule has 9 heteroatoms. The molecule has 0 radical (unpaired) electrons. The maximum absolute atomic E-state index is 10.7. The van der Waals surface area contributed by atoms with Gasteiger partial charge in [0.1, 0.15) is 5.75 Å². The van der Waals surface area contributed by atoms with Crippen LogP contribution in [0.4, 0.5) is 11.7 Å². The molecule has 9 nitrogen and oxygen atoms in total. The number of rotatable bonds is 6. The topological polar surface area (TPSA) is 127 Å². The highest BCUT2D eigenvalue weighted by atomic mass is 16.6. The third-order valence-electron chi connectivity index (χ3n) is 2.96. The maximum atomic E-state index is 10.7. The highest BCUT2D eigenvalue weighted by molar-refractivity contribution is 5.44. The van der Waals surface area contributed by atoms with Crippen molar-refractivity contribution in [3.8, 4) is 17.2 Å².